The number of esters is 1. The second kappa shape index (κ2) is 6.02. The average molecular weight is 288 g/mol. The molecule has 0 radical (unpaired) electrons. The number of carbonyl (C=O) groups excluding carboxylic acids is 1. The van der Waals surface area contributed by atoms with E-state index in [-0.39, 0.29) is 11.9 Å². The maximum atomic E-state index is 11.6. The third-order valence-corrected chi connectivity index (χ3v) is 5.07. The number of hydrogen-bond acceptors (Lipinski definition) is 4. The lowest BCUT2D eigenvalue weighted by atomic mass is 9.82. The van der Waals surface area contributed by atoms with Gasteiger partial charge in [-0.25, -0.2) is 4.98 Å². The molecule has 1 aliphatic carbocycles. The number of nitrogens with zero attached hydrogens (tertiary/aromatic N) is 1. The maximum absolute atomic E-state index is 11.6. The highest BCUT2D eigenvalue weighted by Gasteiger charge is 2.29. The number of hydrogen-bond donors (Lipinski definition) is 0. The van der Waals surface area contributed by atoms with Crippen molar-refractivity contribution in [3.8, 4) is 0 Å². The quantitative estimate of drug-likeness (QED) is 0.791. The van der Waals surface area contributed by atoms with Gasteiger partial charge in [0.25, 0.3) is 0 Å². The minimum absolute atomic E-state index is 0.0377. The first-order chi connectivity index (χ1) is 8.61. The van der Waals surface area contributed by atoms with Gasteiger partial charge in [-0.15, -0.1) is 11.3 Å². The molecule has 1 heterocycles. The third-order valence-electron chi connectivity index (χ3n) is 3.45. The van der Waals surface area contributed by atoms with E-state index in [4.69, 9.17) is 16.3 Å². The van der Waals surface area contributed by atoms with Crippen LogP contribution in [0.1, 0.15) is 49.2 Å². The van der Waals surface area contributed by atoms with Gasteiger partial charge in [0, 0.05) is 5.92 Å². The lowest BCUT2D eigenvalue weighted by Crippen LogP contribution is -2.23. The van der Waals surface area contributed by atoms with E-state index in [9.17, 15) is 4.79 Å². The number of aryl methyl sites for hydroxylation is 1. The van der Waals surface area contributed by atoms with Gasteiger partial charge in [0.2, 0.25) is 0 Å². The fourth-order valence-corrected chi connectivity index (χ4v) is 3.65. The van der Waals surface area contributed by atoms with E-state index in [1.165, 1.54) is 0 Å². The van der Waals surface area contributed by atoms with Crippen molar-refractivity contribution in [1.82, 2.24) is 4.98 Å². The maximum Gasteiger partial charge on any atom is 0.308 e. The normalized spacial score (nSPS) is 23.9. The second-order valence-corrected chi connectivity index (χ2v) is 6.34. The monoisotopic (exact) mass is 287 g/mol. The molecule has 5 heteroatoms. The van der Waals surface area contributed by atoms with Crippen LogP contribution in [0.2, 0.25) is 4.34 Å². The Morgan fingerprint density at radius 3 is 2.61 bits per heavy atom. The van der Waals surface area contributed by atoms with Crippen LogP contribution in [-0.2, 0) is 9.53 Å². The van der Waals surface area contributed by atoms with Gasteiger partial charge in [0.05, 0.1) is 23.2 Å². The summed E-state index contributed by atoms with van der Waals surface area (Å²) in [5, 5.41) is 1.12. The molecule has 1 fully saturated rings. The number of aromatic nitrogens is 1. The predicted octanol–water partition coefficient (Wildman–Crippen LogP) is 3.94. The summed E-state index contributed by atoms with van der Waals surface area (Å²) in [6.07, 6.45) is 3.82. The van der Waals surface area contributed by atoms with Gasteiger partial charge >= 0.3 is 5.97 Å². The molecular weight excluding hydrogens is 270 g/mol. The minimum Gasteiger partial charge on any atom is -0.466 e. The number of halogens is 1. The summed E-state index contributed by atoms with van der Waals surface area (Å²) in [7, 11) is 0. The van der Waals surface area contributed by atoms with Gasteiger partial charge in [-0.05, 0) is 39.5 Å². The van der Waals surface area contributed by atoms with Crippen LogP contribution in [0, 0.1) is 12.8 Å². The molecule has 0 unspecified atom stereocenters. The molecule has 0 N–H and O–H groups in total. The molecule has 0 spiro atoms. The van der Waals surface area contributed by atoms with E-state index < -0.39 is 0 Å². The van der Waals surface area contributed by atoms with E-state index in [0.717, 1.165) is 40.7 Å². The standard InChI is InChI=1S/C13H18ClNO2S/c1-3-17-13(16)10-6-4-9(5-7-10)12-15-8(2)11(14)18-12/h9-10H,3-7H2,1-2H3. The zero-order valence-electron chi connectivity index (χ0n) is 10.7. The Balaban J connectivity index is 1.92. The first-order valence-corrected chi connectivity index (χ1v) is 7.60. The van der Waals surface area contributed by atoms with Crippen molar-refractivity contribution in [1.29, 1.82) is 0 Å². The summed E-state index contributed by atoms with van der Waals surface area (Å²) in [6, 6.07) is 0. The predicted molar refractivity (Wildman–Crippen MR) is 73.2 cm³/mol. The molecule has 1 aromatic rings. The van der Waals surface area contributed by atoms with Gasteiger partial charge in [-0.2, -0.15) is 0 Å². The zero-order chi connectivity index (χ0) is 13.1. The highest BCUT2D eigenvalue weighted by Crippen LogP contribution is 2.39. The molecule has 100 valence electrons. The molecule has 0 aromatic carbocycles. The van der Waals surface area contributed by atoms with Gasteiger partial charge in [0.15, 0.2) is 0 Å². The molecule has 0 amide bonds. The van der Waals surface area contributed by atoms with Crippen molar-refractivity contribution in [3.63, 3.8) is 0 Å². The highest BCUT2D eigenvalue weighted by atomic mass is 35.5. The van der Waals surface area contributed by atoms with E-state index in [1.807, 2.05) is 13.8 Å². The van der Waals surface area contributed by atoms with Crippen LogP contribution in [0.4, 0.5) is 0 Å². The van der Waals surface area contributed by atoms with Crippen molar-refractivity contribution in [2.75, 3.05) is 6.61 Å². The largest absolute Gasteiger partial charge is 0.466 e. The van der Waals surface area contributed by atoms with Gasteiger partial charge in [-0.3, -0.25) is 4.79 Å². The zero-order valence-corrected chi connectivity index (χ0v) is 12.3. The van der Waals surface area contributed by atoms with E-state index in [1.54, 1.807) is 11.3 Å². The molecule has 2 rings (SSSR count). The molecule has 1 saturated carbocycles. The van der Waals surface area contributed by atoms with Crippen molar-refractivity contribution in [2.24, 2.45) is 5.92 Å². The Morgan fingerprint density at radius 2 is 2.11 bits per heavy atom. The van der Waals surface area contributed by atoms with Crippen LogP contribution >= 0.6 is 22.9 Å². The average Bonchev–Trinajstić information content (AvgIpc) is 2.70. The SMILES string of the molecule is CCOC(=O)C1CCC(c2nc(C)c(Cl)s2)CC1. The molecule has 0 atom stereocenters. The van der Waals surface area contributed by atoms with Crippen LogP contribution in [0.5, 0.6) is 0 Å². The smallest absolute Gasteiger partial charge is 0.308 e. The van der Waals surface area contributed by atoms with E-state index in [2.05, 4.69) is 4.98 Å². The molecule has 3 nitrogen and oxygen atoms in total. The summed E-state index contributed by atoms with van der Waals surface area (Å²) >= 11 is 7.63. The van der Waals surface area contributed by atoms with Crippen LogP contribution in [0.25, 0.3) is 0 Å². The van der Waals surface area contributed by atoms with Crippen LogP contribution in [-0.4, -0.2) is 17.6 Å². The van der Waals surface area contributed by atoms with Crippen molar-refractivity contribution < 1.29 is 9.53 Å². The molecule has 18 heavy (non-hydrogen) atoms. The van der Waals surface area contributed by atoms with Crippen LogP contribution in [0.3, 0.4) is 0 Å². The first-order valence-electron chi connectivity index (χ1n) is 6.41. The molecular formula is C13H18ClNO2S. The lowest BCUT2D eigenvalue weighted by Gasteiger charge is -2.25. The molecule has 1 aliphatic rings. The summed E-state index contributed by atoms with van der Waals surface area (Å²) in [5.41, 5.74) is 0.921. The van der Waals surface area contributed by atoms with Gasteiger partial charge in [0.1, 0.15) is 4.34 Å². The van der Waals surface area contributed by atoms with Gasteiger partial charge < -0.3 is 4.74 Å². The molecule has 0 bridgehead atoms. The van der Waals surface area contributed by atoms with E-state index in [0.29, 0.717) is 12.5 Å². The molecule has 1 aromatic heterocycles. The fourth-order valence-electron chi connectivity index (χ4n) is 2.41. The summed E-state index contributed by atoms with van der Waals surface area (Å²) in [5.74, 6) is 0.508. The highest BCUT2D eigenvalue weighted by molar-refractivity contribution is 7.16. The summed E-state index contributed by atoms with van der Waals surface area (Å²) in [6.45, 7) is 4.26. The Labute approximate surface area is 117 Å². The minimum atomic E-state index is -0.0377. The summed E-state index contributed by atoms with van der Waals surface area (Å²) in [4.78, 5) is 16.2. The van der Waals surface area contributed by atoms with E-state index >= 15 is 0 Å². The lowest BCUT2D eigenvalue weighted by molar-refractivity contribution is -0.149. The Morgan fingerprint density at radius 1 is 1.44 bits per heavy atom. The Hall–Kier alpha value is -0.610. The van der Waals surface area contributed by atoms with Crippen LogP contribution < -0.4 is 0 Å². The molecule has 0 aliphatic heterocycles. The first kappa shape index (κ1) is 13.8. The topological polar surface area (TPSA) is 39.2 Å². The molecule has 0 saturated heterocycles. The third kappa shape index (κ3) is 3.04. The van der Waals surface area contributed by atoms with Crippen LogP contribution in [0.15, 0.2) is 0 Å². The number of thiazole rings is 1. The second-order valence-electron chi connectivity index (χ2n) is 4.71. The van der Waals surface area contributed by atoms with Crippen molar-refractivity contribution >= 4 is 28.9 Å². The Bertz CT molecular complexity index is 405. The fraction of sp³-hybridized carbons (Fsp3) is 0.692. The summed E-state index contributed by atoms with van der Waals surface area (Å²) < 4.78 is 5.86. The number of rotatable bonds is 3. The Kier molecular flexibility index (Phi) is 4.62. The number of carbonyl (C=O) groups is 1. The van der Waals surface area contributed by atoms with Crippen molar-refractivity contribution in [2.45, 2.75) is 45.4 Å². The number of ether oxygens (including phenoxy) is 1. The van der Waals surface area contributed by atoms with Gasteiger partial charge in [-0.1, -0.05) is 11.6 Å². The van der Waals surface area contributed by atoms with Crippen molar-refractivity contribution in [3.05, 3.63) is 15.0 Å².